The maximum atomic E-state index is 5.87. The maximum Gasteiger partial charge on any atom is 0.213 e. The number of ether oxygens (including phenoxy) is 4. The second-order valence-corrected chi connectivity index (χ2v) is 24.3. The standard InChI is InChI=1S/C23H29N5O2.C23H29N5O.C22H27N5O/c1-17(2)16-30-20-7-4-6-18(12-20)13-27-11-10-19(14-27)28-15-22(25-26-28)21-8-5-9-23(24-21)29-3;1-17(2)16-29-21-8-5-7-19(12-21)13-27-11-10-20(14-27)28-15-23(25-26-28)22-9-4-6-18(3)24-22;1-17(2)16-28-20-7-5-6-18(12-20)13-26-11-9-19(14-26)27-15-22(24-25-27)21-8-3-4-10-23-21/h4-9,12,15,17,19H,10-11,13-14,16H2,1-3H3;4-9,12,15,17,20H,10-11,13-14,16H2,1-3H3;3-8,10,12,15,17,19H,9,11,13-14,16H2,1-2H3. The lowest BCUT2D eigenvalue weighted by Crippen LogP contribution is -2.21. The zero-order chi connectivity index (χ0) is 60.5. The van der Waals surface area contributed by atoms with Gasteiger partial charge in [0.2, 0.25) is 5.88 Å². The summed E-state index contributed by atoms with van der Waals surface area (Å²) in [6.07, 6.45) is 11.0. The quantitative estimate of drug-likeness (QED) is 0.0625. The van der Waals surface area contributed by atoms with Crippen molar-refractivity contribution >= 4 is 0 Å². The lowest BCUT2D eigenvalue weighted by molar-refractivity contribution is 0.269. The molecule has 9 aromatic rings. The fourth-order valence-corrected chi connectivity index (χ4v) is 10.9. The van der Waals surface area contributed by atoms with Gasteiger partial charge in [-0.05, 0) is 127 Å². The molecule has 3 atom stereocenters. The molecule has 3 aliphatic heterocycles. The van der Waals surface area contributed by atoms with Gasteiger partial charge in [0, 0.05) is 76.9 Å². The minimum absolute atomic E-state index is 0.317. The second-order valence-electron chi connectivity index (χ2n) is 24.3. The van der Waals surface area contributed by atoms with Crippen molar-refractivity contribution in [3.05, 3.63) is 175 Å². The first-order chi connectivity index (χ1) is 42.3. The first kappa shape index (κ1) is 61.7. The maximum absolute atomic E-state index is 5.87. The summed E-state index contributed by atoms with van der Waals surface area (Å²) >= 11 is 0. The highest BCUT2D eigenvalue weighted by Gasteiger charge is 2.28. The van der Waals surface area contributed by atoms with Crippen molar-refractivity contribution in [2.75, 3.05) is 66.2 Å². The van der Waals surface area contributed by atoms with Gasteiger partial charge in [-0.15, -0.1) is 15.3 Å². The molecule has 6 aromatic heterocycles. The molecule has 87 heavy (non-hydrogen) atoms. The van der Waals surface area contributed by atoms with Crippen LogP contribution in [-0.4, -0.2) is 141 Å². The summed E-state index contributed by atoms with van der Waals surface area (Å²) in [5.74, 6) is 5.02. The van der Waals surface area contributed by atoms with Crippen LogP contribution >= 0.6 is 0 Å². The number of methoxy groups -OCH3 is 1. The second kappa shape index (κ2) is 30.3. The third kappa shape index (κ3) is 18.1. The molecule has 3 fully saturated rings. The molecule has 19 nitrogen and oxygen atoms in total. The molecule has 0 amide bonds. The van der Waals surface area contributed by atoms with E-state index in [-0.39, 0.29) is 0 Å². The number of pyridine rings is 3. The fourth-order valence-electron chi connectivity index (χ4n) is 10.9. The molecule has 0 aliphatic carbocycles. The van der Waals surface area contributed by atoms with E-state index in [1.165, 1.54) is 16.7 Å². The van der Waals surface area contributed by atoms with E-state index >= 15 is 0 Å². The van der Waals surface area contributed by atoms with Crippen LogP contribution < -0.4 is 18.9 Å². The van der Waals surface area contributed by atoms with Gasteiger partial charge >= 0.3 is 0 Å². The molecule has 3 aromatic carbocycles. The van der Waals surface area contributed by atoms with Crippen molar-refractivity contribution in [1.82, 2.24) is 74.6 Å². The predicted molar refractivity (Wildman–Crippen MR) is 338 cm³/mol. The van der Waals surface area contributed by atoms with Crippen LogP contribution in [0.5, 0.6) is 23.1 Å². The highest BCUT2D eigenvalue weighted by molar-refractivity contribution is 5.54. The topological polar surface area (TPSA) is 177 Å². The molecule has 0 bridgehead atoms. The van der Waals surface area contributed by atoms with Crippen molar-refractivity contribution in [2.45, 2.75) is 105 Å². The summed E-state index contributed by atoms with van der Waals surface area (Å²) in [5.41, 5.74) is 9.78. The molecule has 0 radical (unpaired) electrons. The highest BCUT2D eigenvalue weighted by Crippen LogP contribution is 2.29. The van der Waals surface area contributed by atoms with Crippen LogP contribution in [0, 0.1) is 24.7 Å². The smallest absolute Gasteiger partial charge is 0.213 e. The van der Waals surface area contributed by atoms with Crippen LogP contribution in [-0.2, 0) is 19.6 Å². The van der Waals surface area contributed by atoms with Gasteiger partial charge in [-0.1, -0.05) is 112 Å². The van der Waals surface area contributed by atoms with Crippen LogP contribution in [0.25, 0.3) is 34.2 Å². The number of aryl methyl sites for hydroxylation is 1. The van der Waals surface area contributed by atoms with Crippen LogP contribution in [0.2, 0.25) is 0 Å². The van der Waals surface area contributed by atoms with Gasteiger partial charge in [0.25, 0.3) is 0 Å². The Balaban J connectivity index is 0.000000145. The van der Waals surface area contributed by atoms with Gasteiger partial charge in [0.15, 0.2) is 0 Å². The molecular weight excluding hydrogens is 1090 g/mol. The SMILES string of the molecule is CC(C)COc1cccc(CN2CCC(n3cc(-c4ccccn4)nn3)C2)c1.COc1cccc(-c2cn(C3CCN(Cc4cccc(OCC(C)C)c4)C3)nn2)n1.Cc1cccc(-c2cn(C3CCN(Cc4cccc(OCC(C)C)c4)C3)nn2)n1. The number of rotatable bonds is 22. The number of hydrogen-bond acceptors (Lipinski definition) is 16. The van der Waals surface area contributed by atoms with Gasteiger partial charge in [0.05, 0.1) is 80.7 Å². The van der Waals surface area contributed by atoms with Crippen molar-refractivity contribution in [3.8, 4) is 57.3 Å². The fraction of sp³-hybridized carbons (Fsp3) is 0.426. The first-order valence-electron chi connectivity index (χ1n) is 30.8. The Morgan fingerprint density at radius 3 is 1.22 bits per heavy atom. The van der Waals surface area contributed by atoms with Crippen LogP contribution in [0.15, 0.2) is 152 Å². The number of likely N-dealkylation sites (tertiary alicyclic amines) is 3. The summed E-state index contributed by atoms with van der Waals surface area (Å²) in [4.78, 5) is 20.7. The van der Waals surface area contributed by atoms with Crippen molar-refractivity contribution in [2.24, 2.45) is 17.8 Å². The Hall–Kier alpha value is -8.39. The van der Waals surface area contributed by atoms with Gasteiger partial charge in [-0.3, -0.25) is 24.7 Å². The van der Waals surface area contributed by atoms with E-state index in [2.05, 4.69) is 157 Å². The summed E-state index contributed by atoms with van der Waals surface area (Å²) in [6, 6.07) is 43.8. The monoisotopic (exact) mass is 1180 g/mol. The van der Waals surface area contributed by atoms with E-state index < -0.39 is 0 Å². The Morgan fingerprint density at radius 1 is 0.437 bits per heavy atom. The van der Waals surface area contributed by atoms with Gasteiger partial charge in [-0.2, -0.15) is 0 Å². The number of hydrogen-bond donors (Lipinski definition) is 0. The minimum atomic E-state index is 0.317. The molecular formula is C68H85N15O4. The first-order valence-corrected chi connectivity index (χ1v) is 30.8. The molecule has 19 heteroatoms. The number of benzene rings is 3. The molecule has 3 aliphatic rings. The minimum Gasteiger partial charge on any atom is -0.493 e. The molecule has 456 valence electrons. The summed E-state index contributed by atoms with van der Waals surface area (Å²) in [5, 5.41) is 26.1. The van der Waals surface area contributed by atoms with Crippen molar-refractivity contribution in [1.29, 1.82) is 0 Å². The molecule has 3 saturated heterocycles. The summed E-state index contributed by atoms with van der Waals surface area (Å²) < 4.78 is 28.8. The van der Waals surface area contributed by atoms with E-state index in [0.717, 1.165) is 155 Å². The van der Waals surface area contributed by atoms with E-state index in [4.69, 9.17) is 18.9 Å². The lowest BCUT2D eigenvalue weighted by Gasteiger charge is -2.17. The third-order valence-electron chi connectivity index (χ3n) is 15.3. The Bertz CT molecular complexity index is 3550. The normalized spacial score (nSPS) is 17.1. The van der Waals surface area contributed by atoms with Gasteiger partial charge in [-0.25, -0.2) is 19.0 Å². The van der Waals surface area contributed by atoms with E-state index in [1.54, 1.807) is 13.3 Å². The van der Waals surface area contributed by atoms with E-state index in [1.807, 2.05) is 112 Å². The Labute approximate surface area is 512 Å². The highest BCUT2D eigenvalue weighted by atomic mass is 16.5. The zero-order valence-electron chi connectivity index (χ0n) is 51.8. The average Bonchev–Trinajstić information content (AvgIpc) is 4.49. The molecule has 3 unspecified atom stereocenters. The largest absolute Gasteiger partial charge is 0.493 e. The van der Waals surface area contributed by atoms with Gasteiger partial charge < -0.3 is 18.9 Å². The molecule has 0 spiro atoms. The molecule has 0 N–H and O–H groups in total. The Kier molecular flexibility index (Phi) is 21.5. The van der Waals surface area contributed by atoms with Gasteiger partial charge in [0.1, 0.15) is 34.3 Å². The number of nitrogens with zero attached hydrogens (tertiary/aromatic N) is 15. The average molecular weight is 1180 g/mol. The van der Waals surface area contributed by atoms with Crippen LogP contribution in [0.1, 0.15) is 101 Å². The molecule has 9 heterocycles. The summed E-state index contributed by atoms with van der Waals surface area (Å²) in [6.45, 7) is 26.0. The van der Waals surface area contributed by atoms with Crippen molar-refractivity contribution < 1.29 is 18.9 Å². The number of aromatic nitrogens is 12. The third-order valence-corrected chi connectivity index (χ3v) is 15.3. The van der Waals surface area contributed by atoms with Crippen LogP contribution in [0.3, 0.4) is 0 Å². The predicted octanol–water partition coefficient (Wildman–Crippen LogP) is 11.8. The van der Waals surface area contributed by atoms with E-state index in [9.17, 15) is 0 Å². The zero-order valence-corrected chi connectivity index (χ0v) is 51.8. The Morgan fingerprint density at radius 2 is 0.828 bits per heavy atom. The summed E-state index contributed by atoms with van der Waals surface area (Å²) in [7, 11) is 1.61. The molecule has 12 rings (SSSR count). The van der Waals surface area contributed by atoms with E-state index in [0.29, 0.717) is 41.8 Å². The van der Waals surface area contributed by atoms with Crippen LogP contribution in [0.4, 0.5) is 0 Å². The lowest BCUT2D eigenvalue weighted by atomic mass is 10.2. The molecule has 0 saturated carbocycles. The van der Waals surface area contributed by atoms with Crippen molar-refractivity contribution in [3.63, 3.8) is 0 Å².